The maximum Gasteiger partial charge on any atom is 0.244 e. The highest BCUT2D eigenvalue weighted by molar-refractivity contribution is 7.92. The molecule has 2 aromatic rings. The molecule has 0 heterocycles. The van der Waals surface area contributed by atoms with E-state index in [1.807, 2.05) is 33.8 Å². The normalized spacial score (nSPS) is 12.4. The maximum absolute atomic E-state index is 13.6. The fourth-order valence-corrected chi connectivity index (χ4v) is 4.95. The summed E-state index contributed by atoms with van der Waals surface area (Å²) in [5.74, 6) is -0.691. The Morgan fingerprint density at radius 3 is 2.03 bits per heavy atom. The van der Waals surface area contributed by atoms with Crippen molar-refractivity contribution in [1.82, 2.24) is 10.2 Å². The fraction of sp³-hybridized carbons (Fsp3) is 0.440. The van der Waals surface area contributed by atoms with Gasteiger partial charge in [0.05, 0.1) is 11.9 Å². The summed E-state index contributed by atoms with van der Waals surface area (Å²) in [6.45, 7) is 9.13. The number of anilines is 1. The van der Waals surface area contributed by atoms with E-state index >= 15 is 0 Å². The van der Waals surface area contributed by atoms with Gasteiger partial charge in [-0.25, -0.2) is 8.42 Å². The second-order valence-electron chi connectivity index (χ2n) is 9.15. The lowest BCUT2D eigenvalue weighted by molar-refractivity contribution is -0.139. The number of hydrogen-bond acceptors (Lipinski definition) is 4. The molecule has 7 nitrogen and oxygen atoms in total. The van der Waals surface area contributed by atoms with Crippen molar-refractivity contribution in [3.8, 4) is 0 Å². The Balaban J connectivity index is 2.46. The van der Waals surface area contributed by atoms with Crippen molar-refractivity contribution < 1.29 is 18.0 Å². The Bertz CT molecular complexity index is 1140. The summed E-state index contributed by atoms with van der Waals surface area (Å²) in [5.41, 5.74) is 2.58. The maximum atomic E-state index is 13.6. The first-order chi connectivity index (χ1) is 16.2. The molecular formula is C25H33Cl2N3O4S. The van der Waals surface area contributed by atoms with Crippen LogP contribution in [0.25, 0.3) is 0 Å². The van der Waals surface area contributed by atoms with Gasteiger partial charge in [-0.3, -0.25) is 13.9 Å². The van der Waals surface area contributed by atoms with E-state index in [2.05, 4.69) is 5.32 Å². The van der Waals surface area contributed by atoms with Crippen molar-refractivity contribution in [1.29, 1.82) is 0 Å². The van der Waals surface area contributed by atoms with Crippen LogP contribution in [0.3, 0.4) is 0 Å². The summed E-state index contributed by atoms with van der Waals surface area (Å²) in [4.78, 5) is 27.8. The molecule has 1 atom stereocenters. The molecule has 192 valence electrons. The fourth-order valence-electron chi connectivity index (χ4n) is 3.60. The number of hydrogen-bond donors (Lipinski definition) is 1. The lowest BCUT2D eigenvalue weighted by Crippen LogP contribution is -2.51. The van der Waals surface area contributed by atoms with Crippen LogP contribution in [0.4, 0.5) is 5.69 Å². The number of halogens is 2. The van der Waals surface area contributed by atoms with Gasteiger partial charge >= 0.3 is 0 Å². The van der Waals surface area contributed by atoms with Gasteiger partial charge in [-0.05, 0) is 62.1 Å². The van der Waals surface area contributed by atoms with E-state index in [1.54, 1.807) is 37.3 Å². The van der Waals surface area contributed by atoms with E-state index in [-0.39, 0.29) is 18.4 Å². The second kappa shape index (κ2) is 12.1. The number of rotatable bonds is 10. The number of aryl methyl sites for hydroxylation is 2. The molecule has 0 aliphatic carbocycles. The molecule has 10 heteroatoms. The minimum absolute atomic E-state index is 0.0575. The first kappa shape index (κ1) is 28.9. The monoisotopic (exact) mass is 541 g/mol. The average molecular weight is 543 g/mol. The highest BCUT2D eigenvalue weighted by atomic mass is 35.5. The quantitative estimate of drug-likeness (QED) is 0.477. The van der Waals surface area contributed by atoms with E-state index in [0.717, 1.165) is 21.7 Å². The summed E-state index contributed by atoms with van der Waals surface area (Å²) < 4.78 is 26.4. The summed E-state index contributed by atoms with van der Waals surface area (Å²) in [5, 5.41) is 3.53. The molecule has 35 heavy (non-hydrogen) atoms. The van der Waals surface area contributed by atoms with Gasteiger partial charge in [0, 0.05) is 28.7 Å². The van der Waals surface area contributed by atoms with Gasteiger partial charge in [0.1, 0.15) is 12.6 Å². The number of sulfonamides is 1. The first-order valence-electron chi connectivity index (χ1n) is 11.3. The molecule has 0 bridgehead atoms. The number of carbonyl (C=O) groups excluding carboxylic acids is 2. The molecule has 0 aromatic heterocycles. The van der Waals surface area contributed by atoms with Crippen LogP contribution in [-0.2, 0) is 26.2 Å². The molecule has 1 N–H and O–H groups in total. The number of nitrogens with zero attached hydrogens (tertiary/aromatic N) is 2. The van der Waals surface area contributed by atoms with Crippen molar-refractivity contribution in [3.63, 3.8) is 0 Å². The molecule has 0 unspecified atom stereocenters. The smallest absolute Gasteiger partial charge is 0.244 e. The van der Waals surface area contributed by atoms with E-state index < -0.39 is 28.5 Å². The van der Waals surface area contributed by atoms with Gasteiger partial charge in [-0.1, -0.05) is 49.2 Å². The molecule has 0 fully saturated rings. The van der Waals surface area contributed by atoms with E-state index in [0.29, 0.717) is 27.8 Å². The van der Waals surface area contributed by atoms with Crippen LogP contribution in [-0.4, -0.2) is 50.5 Å². The number of amides is 2. The highest BCUT2D eigenvalue weighted by Gasteiger charge is 2.31. The van der Waals surface area contributed by atoms with Crippen LogP contribution in [0.2, 0.25) is 10.0 Å². The number of benzene rings is 2. The Labute approximate surface area is 218 Å². The topological polar surface area (TPSA) is 86.8 Å². The third-order valence-electron chi connectivity index (χ3n) is 5.42. The van der Waals surface area contributed by atoms with E-state index in [4.69, 9.17) is 23.2 Å². The van der Waals surface area contributed by atoms with Crippen LogP contribution in [0.5, 0.6) is 0 Å². The summed E-state index contributed by atoms with van der Waals surface area (Å²) in [6, 6.07) is 9.41. The third-order valence-corrected chi connectivity index (χ3v) is 7.26. The van der Waals surface area contributed by atoms with E-state index in [1.165, 1.54) is 4.90 Å². The van der Waals surface area contributed by atoms with Crippen LogP contribution in [0.15, 0.2) is 36.4 Å². The summed E-state index contributed by atoms with van der Waals surface area (Å²) in [7, 11) is -3.80. The number of carbonyl (C=O) groups is 2. The van der Waals surface area contributed by atoms with Crippen molar-refractivity contribution in [2.24, 2.45) is 5.92 Å². The van der Waals surface area contributed by atoms with Gasteiger partial charge in [-0.2, -0.15) is 0 Å². The molecule has 0 spiro atoms. The molecule has 2 amide bonds. The van der Waals surface area contributed by atoms with E-state index in [9.17, 15) is 18.0 Å². The second-order valence-corrected chi connectivity index (χ2v) is 11.9. The Kier molecular flexibility index (Phi) is 10.0. The standard InChI is InChI=1S/C25H33Cl2N3O4S/c1-16(2)13-28-25(32)19(5)29(14-21-22(26)8-7-9-23(21)27)24(31)15-30(35(6,33)34)20-11-17(3)10-18(4)12-20/h7-12,16,19H,13-15H2,1-6H3,(H,28,32)/t19-/m0/s1. The predicted octanol–water partition coefficient (Wildman–Crippen LogP) is 4.57. The predicted molar refractivity (Wildman–Crippen MR) is 142 cm³/mol. The molecule has 0 radical (unpaired) electrons. The summed E-state index contributed by atoms with van der Waals surface area (Å²) >= 11 is 12.7. The Hall–Kier alpha value is -2.29. The summed E-state index contributed by atoms with van der Waals surface area (Å²) in [6.07, 6.45) is 1.05. The zero-order chi connectivity index (χ0) is 26.5. The van der Waals surface area contributed by atoms with Crippen molar-refractivity contribution in [2.75, 3.05) is 23.7 Å². The lowest BCUT2D eigenvalue weighted by atomic mass is 10.1. The van der Waals surface area contributed by atoms with Crippen LogP contribution in [0.1, 0.15) is 37.5 Å². The van der Waals surface area contributed by atoms with Gasteiger partial charge in [-0.15, -0.1) is 0 Å². The van der Waals surface area contributed by atoms with Crippen molar-refractivity contribution >= 4 is 50.7 Å². The van der Waals surface area contributed by atoms with Gasteiger partial charge < -0.3 is 10.2 Å². The molecule has 2 rings (SSSR count). The third kappa shape index (κ3) is 8.12. The SMILES string of the molecule is Cc1cc(C)cc(N(CC(=O)N(Cc2c(Cl)cccc2Cl)[C@@H](C)C(=O)NCC(C)C)S(C)(=O)=O)c1. The van der Waals surface area contributed by atoms with Crippen molar-refractivity contribution in [2.45, 2.75) is 47.2 Å². The Morgan fingerprint density at radius 1 is 1.00 bits per heavy atom. The van der Waals surface area contributed by atoms with Crippen LogP contribution in [0, 0.1) is 19.8 Å². The molecule has 0 aliphatic heterocycles. The van der Waals surface area contributed by atoms with Gasteiger partial charge in [0.2, 0.25) is 21.8 Å². The molecular weight excluding hydrogens is 509 g/mol. The largest absolute Gasteiger partial charge is 0.354 e. The molecule has 0 saturated carbocycles. The zero-order valence-electron chi connectivity index (χ0n) is 20.9. The molecule has 0 saturated heterocycles. The lowest BCUT2D eigenvalue weighted by Gasteiger charge is -2.32. The zero-order valence-corrected chi connectivity index (χ0v) is 23.3. The van der Waals surface area contributed by atoms with Gasteiger partial charge in [0.15, 0.2) is 0 Å². The van der Waals surface area contributed by atoms with Crippen LogP contribution < -0.4 is 9.62 Å². The average Bonchev–Trinajstić information content (AvgIpc) is 2.73. The Morgan fingerprint density at radius 2 is 1.54 bits per heavy atom. The highest BCUT2D eigenvalue weighted by Crippen LogP contribution is 2.27. The molecule has 2 aromatic carbocycles. The molecule has 0 aliphatic rings. The minimum Gasteiger partial charge on any atom is -0.354 e. The minimum atomic E-state index is -3.80. The van der Waals surface area contributed by atoms with Gasteiger partial charge in [0.25, 0.3) is 0 Å². The number of nitrogens with one attached hydrogen (secondary N) is 1. The first-order valence-corrected chi connectivity index (χ1v) is 13.9. The van der Waals surface area contributed by atoms with Crippen molar-refractivity contribution in [3.05, 3.63) is 63.1 Å². The van der Waals surface area contributed by atoms with Crippen LogP contribution >= 0.6 is 23.2 Å².